The van der Waals surface area contributed by atoms with Gasteiger partial charge in [-0.2, -0.15) is 0 Å². The lowest BCUT2D eigenvalue weighted by atomic mass is 9.90. The van der Waals surface area contributed by atoms with E-state index in [1.807, 2.05) is 0 Å². The van der Waals surface area contributed by atoms with Crippen molar-refractivity contribution in [1.29, 1.82) is 0 Å². The predicted molar refractivity (Wildman–Crippen MR) is 105 cm³/mol. The van der Waals surface area contributed by atoms with Gasteiger partial charge in [0.15, 0.2) is 0 Å². The lowest BCUT2D eigenvalue weighted by Gasteiger charge is -2.40. The first-order valence-electron chi connectivity index (χ1n) is 9.86. The van der Waals surface area contributed by atoms with Crippen LogP contribution in [0.15, 0.2) is 30.3 Å². The van der Waals surface area contributed by atoms with E-state index in [1.54, 1.807) is 12.1 Å². The topological polar surface area (TPSA) is 90.2 Å². The Morgan fingerprint density at radius 2 is 1.60 bits per heavy atom. The van der Waals surface area contributed by atoms with Gasteiger partial charge in [-0.1, -0.05) is 23.7 Å². The number of ether oxygens (including phenoxy) is 1. The molecule has 2 aromatic carbocycles. The second kappa shape index (κ2) is 8.49. The zero-order valence-electron chi connectivity index (χ0n) is 16.0. The maximum atomic E-state index is 14.6. The Morgan fingerprint density at radius 3 is 2.20 bits per heavy atom. The molecule has 1 aliphatic carbocycles. The van der Waals surface area contributed by atoms with Crippen molar-refractivity contribution in [2.75, 3.05) is 6.61 Å². The molecule has 1 saturated carbocycles. The molecule has 1 unspecified atom stereocenters. The largest absolute Gasteiger partial charge is 0.394 e. The summed E-state index contributed by atoms with van der Waals surface area (Å²) in [6.07, 6.45) is -4.79. The standard InChI is InChI=1S/C22H23ClF2O5/c23-15-4-3-11(22-21(29)20(28)19(27)18(9-26)30-22)5-13(15)6-14-16(24)7-12(8-17(14)25)10-1-2-10/h3-5,7-8,10,18-22,26-29H,1-2,6,9H2/t18-,19-,20?,21-,22+/m1/s1. The second-order valence-electron chi connectivity index (χ2n) is 8.01. The highest BCUT2D eigenvalue weighted by atomic mass is 35.5. The van der Waals surface area contributed by atoms with Crippen molar-refractivity contribution in [2.45, 2.75) is 55.7 Å². The lowest BCUT2D eigenvalue weighted by Crippen LogP contribution is -2.55. The van der Waals surface area contributed by atoms with E-state index in [1.165, 1.54) is 18.2 Å². The summed E-state index contributed by atoms with van der Waals surface area (Å²) in [6.45, 7) is -0.550. The molecule has 1 heterocycles. The van der Waals surface area contributed by atoms with Crippen molar-refractivity contribution in [3.05, 3.63) is 69.2 Å². The molecule has 2 aliphatic rings. The molecule has 0 bridgehead atoms. The normalized spacial score (nSPS) is 29.2. The van der Waals surface area contributed by atoms with Gasteiger partial charge in [-0.3, -0.25) is 0 Å². The smallest absolute Gasteiger partial charge is 0.129 e. The maximum Gasteiger partial charge on any atom is 0.129 e. The van der Waals surface area contributed by atoms with E-state index >= 15 is 0 Å². The van der Waals surface area contributed by atoms with E-state index in [9.17, 15) is 29.2 Å². The monoisotopic (exact) mass is 440 g/mol. The van der Waals surface area contributed by atoms with Crippen LogP contribution in [0.25, 0.3) is 0 Å². The second-order valence-corrected chi connectivity index (χ2v) is 8.42. The number of rotatable bonds is 5. The molecule has 30 heavy (non-hydrogen) atoms. The molecule has 0 spiro atoms. The molecule has 8 heteroatoms. The van der Waals surface area contributed by atoms with Gasteiger partial charge in [-0.15, -0.1) is 0 Å². The summed E-state index contributed by atoms with van der Waals surface area (Å²) in [7, 11) is 0. The van der Waals surface area contributed by atoms with Crippen LogP contribution in [-0.4, -0.2) is 51.4 Å². The highest BCUT2D eigenvalue weighted by Crippen LogP contribution is 2.41. The average molecular weight is 441 g/mol. The molecule has 1 saturated heterocycles. The Bertz CT molecular complexity index is 911. The summed E-state index contributed by atoms with van der Waals surface area (Å²) in [5, 5.41) is 39.9. The third-order valence-electron chi connectivity index (χ3n) is 5.87. The third kappa shape index (κ3) is 4.10. The minimum atomic E-state index is -1.52. The maximum absolute atomic E-state index is 14.6. The quantitative estimate of drug-likeness (QED) is 0.574. The van der Waals surface area contributed by atoms with Gasteiger partial charge >= 0.3 is 0 Å². The number of halogens is 3. The first kappa shape index (κ1) is 21.6. The molecule has 0 aromatic heterocycles. The Morgan fingerprint density at radius 1 is 0.933 bits per heavy atom. The summed E-state index contributed by atoms with van der Waals surface area (Å²) in [5.74, 6) is -1.04. The van der Waals surface area contributed by atoms with E-state index in [-0.39, 0.29) is 22.9 Å². The van der Waals surface area contributed by atoms with Crippen LogP contribution in [0, 0.1) is 11.6 Å². The van der Waals surface area contributed by atoms with E-state index in [4.69, 9.17) is 16.3 Å². The molecule has 5 nitrogen and oxygen atoms in total. The fraction of sp³-hybridized carbons (Fsp3) is 0.455. The minimum absolute atomic E-state index is 0.104. The molecule has 2 aromatic rings. The summed E-state index contributed by atoms with van der Waals surface area (Å²) in [5.41, 5.74) is 1.38. The minimum Gasteiger partial charge on any atom is -0.394 e. The molecule has 5 atom stereocenters. The van der Waals surface area contributed by atoms with Crippen LogP contribution in [-0.2, 0) is 11.2 Å². The lowest BCUT2D eigenvalue weighted by molar-refractivity contribution is -0.231. The van der Waals surface area contributed by atoms with E-state index in [0.29, 0.717) is 16.7 Å². The molecular weight excluding hydrogens is 418 g/mol. The molecule has 1 aliphatic heterocycles. The van der Waals surface area contributed by atoms with Gasteiger partial charge in [0.1, 0.15) is 42.2 Å². The van der Waals surface area contributed by atoms with Gasteiger partial charge in [0.25, 0.3) is 0 Å². The SMILES string of the molecule is OC[C@H]1O[C@@H](c2ccc(Cl)c(Cc3c(F)cc(C4CC4)cc3F)c2)[C@H](O)C(O)[C@@H]1O. The van der Waals surface area contributed by atoms with Gasteiger partial charge < -0.3 is 25.2 Å². The van der Waals surface area contributed by atoms with Crippen molar-refractivity contribution in [3.8, 4) is 0 Å². The van der Waals surface area contributed by atoms with Crippen LogP contribution in [0.5, 0.6) is 0 Å². The Kier molecular flexibility index (Phi) is 6.12. The first-order valence-corrected chi connectivity index (χ1v) is 10.2. The van der Waals surface area contributed by atoms with Crippen LogP contribution in [0.1, 0.15) is 47.1 Å². The molecule has 2 fully saturated rings. The van der Waals surface area contributed by atoms with E-state index in [0.717, 1.165) is 12.8 Å². The van der Waals surface area contributed by atoms with Crippen LogP contribution in [0.4, 0.5) is 8.78 Å². The summed E-state index contributed by atoms with van der Waals surface area (Å²) < 4.78 is 34.7. The average Bonchev–Trinajstić information content (AvgIpc) is 3.56. The summed E-state index contributed by atoms with van der Waals surface area (Å²) in [6, 6.07) is 7.35. The Labute approximate surface area is 177 Å². The summed E-state index contributed by atoms with van der Waals surface area (Å²) in [4.78, 5) is 0. The molecule has 162 valence electrons. The van der Waals surface area contributed by atoms with Crippen molar-refractivity contribution in [1.82, 2.24) is 0 Å². The molecular formula is C22H23ClF2O5. The van der Waals surface area contributed by atoms with Gasteiger partial charge in [0.05, 0.1) is 6.61 Å². The number of benzene rings is 2. The molecule has 0 radical (unpaired) electrons. The van der Waals surface area contributed by atoms with Gasteiger partial charge in [-0.05, 0) is 53.6 Å². The van der Waals surface area contributed by atoms with Gasteiger partial charge in [0.2, 0.25) is 0 Å². The van der Waals surface area contributed by atoms with Crippen LogP contribution < -0.4 is 0 Å². The fourth-order valence-corrected chi connectivity index (χ4v) is 4.10. The van der Waals surface area contributed by atoms with Crippen LogP contribution in [0.2, 0.25) is 5.02 Å². The van der Waals surface area contributed by atoms with Gasteiger partial charge in [-0.25, -0.2) is 8.78 Å². The molecule has 4 rings (SSSR count). The van der Waals surface area contributed by atoms with Gasteiger partial charge in [0, 0.05) is 17.0 Å². The number of hydrogen-bond donors (Lipinski definition) is 4. The molecule has 0 amide bonds. The highest BCUT2D eigenvalue weighted by molar-refractivity contribution is 6.31. The number of aliphatic hydroxyl groups excluding tert-OH is 4. The number of aliphatic hydroxyl groups is 4. The molecule has 4 N–H and O–H groups in total. The van der Waals surface area contributed by atoms with E-state index in [2.05, 4.69) is 0 Å². The third-order valence-corrected chi connectivity index (χ3v) is 6.24. The van der Waals surface area contributed by atoms with Crippen molar-refractivity contribution >= 4 is 11.6 Å². The van der Waals surface area contributed by atoms with Crippen LogP contribution in [0.3, 0.4) is 0 Å². The Hall–Kier alpha value is -1.61. The zero-order valence-corrected chi connectivity index (χ0v) is 16.8. The highest BCUT2D eigenvalue weighted by Gasteiger charge is 2.44. The Balaban J connectivity index is 1.63. The van der Waals surface area contributed by atoms with Crippen molar-refractivity contribution in [3.63, 3.8) is 0 Å². The van der Waals surface area contributed by atoms with Crippen molar-refractivity contribution in [2.24, 2.45) is 0 Å². The zero-order chi connectivity index (χ0) is 21.6. The fourth-order valence-electron chi connectivity index (χ4n) is 3.92. The number of hydrogen-bond acceptors (Lipinski definition) is 5. The van der Waals surface area contributed by atoms with Crippen LogP contribution >= 0.6 is 11.6 Å². The van der Waals surface area contributed by atoms with E-state index < -0.39 is 48.8 Å². The van der Waals surface area contributed by atoms with Crippen molar-refractivity contribution < 1.29 is 33.9 Å². The first-order chi connectivity index (χ1) is 14.3. The summed E-state index contributed by atoms with van der Waals surface area (Å²) >= 11 is 6.25. The predicted octanol–water partition coefficient (Wildman–Crippen LogP) is 2.60.